The summed E-state index contributed by atoms with van der Waals surface area (Å²) in [5.41, 5.74) is 3.52. The van der Waals surface area contributed by atoms with E-state index in [4.69, 9.17) is 4.99 Å². The predicted octanol–water partition coefficient (Wildman–Crippen LogP) is 3.22. The molecule has 7 nitrogen and oxygen atoms in total. The highest BCUT2D eigenvalue weighted by Crippen LogP contribution is 2.18. The Kier molecular flexibility index (Phi) is 9.71. The minimum Gasteiger partial charge on any atom is -0.363 e. The molecule has 0 spiro atoms. The van der Waals surface area contributed by atoms with Crippen molar-refractivity contribution in [3.63, 3.8) is 0 Å². The number of halogens is 1. The van der Waals surface area contributed by atoms with Crippen LogP contribution in [-0.2, 0) is 20.1 Å². The summed E-state index contributed by atoms with van der Waals surface area (Å²) in [5, 5.41) is 7.99. The first kappa shape index (κ1) is 24.2. The highest BCUT2D eigenvalue weighted by Gasteiger charge is 2.15. The van der Waals surface area contributed by atoms with Gasteiger partial charge in [-0.15, -0.1) is 24.0 Å². The van der Waals surface area contributed by atoms with Crippen molar-refractivity contribution in [2.24, 2.45) is 12.0 Å². The van der Waals surface area contributed by atoms with Crippen LogP contribution in [0, 0.1) is 0 Å². The van der Waals surface area contributed by atoms with Gasteiger partial charge in [-0.3, -0.25) is 4.68 Å². The van der Waals surface area contributed by atoms with Crippen LogP contribution in [0.25, 0.3) is 0 Å². The third kappa shape index (κ3) is 6.65. The van der Waals surface area contributed by atoms with Crippen LogP contribution >= 0.6 is 24.0 Å². The molecular weight excluding hydrogens is 465 g/mol. The Morgan fingerprint density at radius 1 is 1.29 bits per heavy atom. The van der Waals surface area contributed by atoms with Gasteiger partial charge in [0.15, 0.2) is 5.96 Å². The molecule has 0 aliphatic carbocycles. The van der Waals surface area contributed by atoms with Crippen LogP contribution in [0.2, 0.25) is 0 Å². The minimum absolute atomic E-state index is 0. The van der Waals surface area contributed by atoms with Crippen molar-refractivity contribution in [2.75, 3.05) is 32.6 Å². The number of nitrogens with one attached hydrogen (secondary N) is 1. The van der Waals surface area contributed by atoms with E-state index in [0.717, 1.165) is 36.1 Å². The van der Waals surface area contributed by atoms with Gasteiger partial charge in [-0.2, -0.15) is 5.10 Å². The Bertz CT molecular complexity index is 768. The Morgan fingerprint density at radius 3 is 2.61 bits per heavy atom. The summed E-state index contributed by atoms with van der Waals surface area (Å²) in [6, 6.07) is 4.09. The summed E-state index contributed by atoms with van der Waals surface area (Å²) in [6.45, 7) is 8.65. The van der Waals surface area contributed by atoms with E-state index in [-0.39, 0.29) is 24.0 Å². The zero-order valence-corrected chi connectivity index (χ0v) is 20.4. The molecular formula is C20H34IN7. The number of aliphatic imine (C=N–C) groups is 1. The Labute approximate surface area is 186 Å². The van der Waals surface area contributed by atoms with Gasteiger partial charge in [-0.1, -0.05) is 13.8 Å². The van der Waals surface area contributed by atoms with Gasteiger partial charge in [0.25, 0.3) is 0 Å². The normalized spacial score (nSPS) is 11.4. The van der Waals surface area contributed by atoms with Crippen molar-refractivity contribution >= 4 is 35.8 Å². The number of nitrogens with zero attached hydrogens (tertiary/aromatic N) is 6. The Morgan fingerprint density at radius 2 is 2.00 bits per heavy atom. The topological polar surface area (TPSA) is 61.6 Å². The van der Waals surface area contributed by atoms with Gasteiger partial charge in [-0.05, 0) is 30.5 Å². The molecule has 0 aliphatic rings. The lowest BCUT2D eigenvalue weighted by Gasteiger charge is -2.22. The van der Waals surface area contributed by atoms with Gasteiger partial charge in [0.2, 0.25) is 0 Å². The highest BCUT2D eigenvalue weighted by molar-refractivity contribution is 14.0. The molecule has 8 heteroatoms. The molecule has 2 heterocycles. The fourth-order valence-corrected chi connectivity index (χ4v) is 2.93. The van der Waals surface area contributed by atoms with Crippen LogP contribution in [-0.4, -0.2) is 53.3 Å². The lowest BCUT2D eigenvalue weighted by molar-refractivity contribution is 0.473. The second-order valence-corrected chi connectivity index (χ2v) is 7.31. The highest BCUT2D eigenvalue weighted by atomic mass is 127. The van der Waals surface area contributed by atoms with E-state index in [1.165, 1.54) is 5.56 Å². The fourth-order valence-electron chi connectivity index (χ4n) is 2.93. The van der Waals surface area contributed by atoms with E-state index in [2.05, 4.69) is 60.4 Å². The number of anilines is 1. The van der Waals surface area contributed by atoms with E-state index in [9.17, 15) is 0 Å². The smallest absolute Gasteiger partial charge is 0.194 e. The van der Waals surface area contributed by atoms with E-state index in [1.807, 2.05) is 43.0 Å². The summed E-state index contributed by atoms with van der Waals surface area (Å²) in [4.78, 5) is 13.3. The van der Waals surface area contributed by atoms with Gasteiger partial charge in [0.05, 0.1) is 12.2 Å². The van der Waals surface area contributed by atoms with Gasteiger partial charge >= 0.3 is 0 Å². The third-order valence-electron chi connectivity index (χ3n) is 4.27. The SMILES string of the molecule is CCNC(=NCc1ccnc(N(C)C)c1)N(C)Cc1cn(C)nc1C(C)C.I. The zero-order valence-electron chi connectivity index (χ0n) is 18.1. The molecule has 0 fully saturated rings. The third-order valence-corrected chi connectivity index (χ3v) is 4.27. The molecule has 0 unspecified atom stereocenters. The molecule has 0 saturated heterocycles. The summed E-state index contributed by atoms with van der Waals surface area (Å²) < 4.78 is 1.89. The van der Waals surface area contributed by atoms with Crippen LogP contribution in [0.5, 0.6) is 0 Å². The van der Waals surface area contributed by atoms with Crippen molar-refractivity contribution in [1.82, 2.24) is 25.0 Å². The first-order valence-electron chi connectivity index (χ1n) is 9.45. The van der Waals surface area contributed by atoms with Crippen molar-refractivity contribution in [2.45, 2.75) is 39.8 Å². The molecule has 0 amide bonds. The number of guanidine groups is 1. The molecule has 156 valence electrons. The molecule has 0 bridgehead atoms. The van der Waals surface area contributed by atoms with Crippen LogP contribution in [0.1, 0.15) is 43.5 Å². The molecule has 1 N–H and O–H groups in total. The predicted molar refractivity (Wildman–Crippen MR) is 128 cm³/mol. The standard InChI is InChI=1S/C20H33N7.HI/c1-8-21-20(23-12-16-9-10-22-18(11-16)25(4)5)26(6)13-17-14-27(7)24-19(17)15(2)3;/h9-11,14-15H,8,12-13H2,1-7H3,(H,21,23);1H. The van der Waals surface area contributed by atoms with E-state index in [0.29, 0.717) is 12.5 Å². The monoisotopic (exact) mass is 499 g/mol. The fraction of sp³-hybridized carbons (Fsp3) is 0.550. The quantitative estimate of drug-likeness (QED) is 0.360. The first-order chi connectivity index (χ1) is 12.8. The van der Waals surface area contributed by atoms with Gasteiger partial charge in [0.1, 0.15) is 5.82 Å². The lowest BCUT2D eigenvalue weighted by atomic mass is 10.1. The van der Waals surface area contributed by atoms with Crippen LogP contribution < -0.4 is 10.2 Å². The second kappa shape index (κ2) is 11.2. The maximum absolute atomic E-state index is 4.82. The number of pyridine rings is 1. The summed E-state index contributed by atoms with van der Waals surface area (Å²) in [5.74, 6) is 2.23. The summed E-state index contributed by atoms with van der Waals surface area (Å²) >= 11 is 0. The number of rotatable bonds is 7. The second-order valence-electron chi connectivity index (χ2n) is 7.31. The summed E-state index contributed by atoms with van der Waals surface area (Å²) in [7, 11) is 8.03. The van der Waals surface area contributed by atoms with Crippen LogP contribution in [0.4, 0.5) is 5.82 Å². The number of hydrogen-bond acceptors (Lipinski definition) is 4. The Balaban J connectivity index is 0.00000392. The molecule has 2 aromatic rings. The molecule has 0 radical (unpaired) electrons. The zero-order chi connectivity index (χ0) is 20.0. The van der Waals surface area contributed by atoms with Crippen molar-refractivity contribution in [1.29, 1.82) is 0 Å². The number of aryl methyl sites for hydroxylation is 1. The van der Waals surface area contributed by atoms with Crippen molar-refractivity contribution in [3.8, 4) is 0 Å². The largest absolute Gasteiger partial charge is 0.363 e. The molecule has 0 atom stereocenters. The molecule has 0 saturated carbocycles. The van der Waals surface area contributed by atoms with Crippen LogP contribution in [0.15, 0.2) is 29.5 Å². The maximum atomic E-state index is 4.82. The average molecular weight is 499 g/mol. The van der Waals surface area contributed by atoms with Gasteiger partial charge < -0.3 is 15.1 Å². The molecule has 2 aromatic heterocycles. The van der Waals surface area contributed by atoms with E-state index < -0.39 is 0 Å². The Hall–Kier alpha value is -1.84. The van der Waals surface area contributed by atoms with Crippen LogP contribution in [0.3, 0.4) is 0 Å². The molecule has 2 rings (SSSR count). The minimum atomic E-state index is 0. The average Bonchev–Trinajstić information content (AvgIpc) is 2.99. The summed E-state index contributed by atoms with van der Waals surface area (Å²) in [6.07, 6.45) is 3.93. The first-order valence-corrected chi connectivity index (χ1v) is 9.45. The molecule has 0 aromatic carbocycles. The van der Waals surface area contributed by atoms with Gasteiger partial charge in [0, 0.05) is 59.2 Å². The molecule has 28 heavy (non-hydrogen) atoms. The molecule has 0 aliphatic heterocycles. The van der Waals surface area contributed by atoms with E-state index in [1.54, 1.807) is 0 Å². The maximum Gasteiger partial charge on any atom is 0.194 e. The van der Waals surface area contributed by atoms with Crippen molar-refractivity contribution in [3.05, 3.63) is 41.3 Å². The van der Waals surface area contributed by atoms with Gasteiger partial charge in [-0.25, -0.2) is 9.98 Å². The van der Waals surface area contributed by atoms with Crippen molar-refractivity contribution < 1.29 is 0 Å². The van der Waals surface area contributed by atoms with E-state index >= 15 is 0 Å². The number of hydrogen-bond donors (Lipinski definition) is 1. The number of aromatic nitrogens is 3. The lowest BCUT2D eigenvalue weighted by Crippen LogP contribution is -2.38.